The summed E-state index contributed by atoms with van der Waals surface area (Å²) in [7, 11) is 1.31. The van der Waals surface area contributed by atoms with Gasteiger partial charge in [-0.1, -0.05) is 6.92 Å². The molecule has 0 aliphatic heterocycles. The Labute approximate surface area is 85.2 Å². The number of amides is 1. The molecular weight excluding hydrogens is 182 g/mol. The molecule has 1 unspecified atom stereocenters. The van der Waals surface area contributed by atoms with Crippen LogP contribution in [0.5, 0.6) is 0 Å². The van der Waals surface area contributed by atoms with Gasteiger partial charge in [0.05, 0.1) is 7.11 Å². The van der Waals surface area contributed by atoms with E-state index in [1.165, 1.54) is 7.11 Å². The Hall–Kier alpha value is -1.06. The predicted molar refractivity (Wildman–Crippen MR) is 53.7 cm³/mol. The van der Waals surface area contributed by atoms with Gasteiger partial charge >= 0.3 is 5.97 Å². The number of hydrogen-bond acceptors (Lipinski definition) is 3. The predicted octanol–water partition coefficient (Wildman–Crippen LogP) is 1.05. The molecule has 82 valence electrons. The molecule has 0 saturated carbocycles. The molecule has 0 radical (unpaired) electrons. The van der Waals surface area contributed by atoms with E-state index in [4.69, 9.17) is 0 Å². The Morgan fingerprint density at radius 3 is 2.00 bits per heavy atom. The van der Waals surface area contributed by atoms with E-state index < -0.39 is 11.9 Å². The Bertz CT molecular complexity index is 200. The summed E-state index contributed by atoms with van der Waals surface area (Å²) in [5, 5.41) is 0. The van der Waals surface area contributed by atoms with Gasteiger partial charge in [0.25, 0.3) is 0 Å². The Kier molecular flexibility index (Phi) is 5.92. The molecule has 0 aromatic rings. The van der Waals surface area contributed by atoms with E-state index >= 15 is 0 Å². The molecule has 4 heteroatoms. The van der Waals surface area contributed by atoms with Gasteiger partial charge in [0.1, 0.15) is 5.92 Å². The Balaban J connectivity index is 4.51. The molecule has 4 nitrogen and oxygen atoms in total. The van der Waals surface area contributed by atoms with Gasteiger partial charge < -0.3 is 9.64 Å². The van der Waals surface area contributed by atoms with Crippen molar-refractivity contribution in [3.05, 3.63) is 0 Å². The van der Waals surface area contributed by atoms with Crippen molar-refractivity contribution >= 4 is 11.9 Å². The first-order valence-electron chi connectivity index (χ1n) is 4.98. The molecule has 0 aliphatic rings. The quantitative estimate of drug-likeness (QED) is 0.493. The summed E-state index contributed by atoms with van der Waals surface area (Å²) in [6.45, 7) is 6.85. The molecular formula is C10H19NO3. The summed E-state index contributed by atoms with van der Waals surface area (Å²) in [4.78, 5) is 24.7. The van der Waals surface area contributed by atoms with E-state index in [1.807, 2.05) is 20.8 Å². The van der Waals surface area contributed by atoms with Crippen molar-refractivity contribution in [1.82, 2.24) is 4.90 Å². The second-order valence-corrected chi connectivity index (χ2v) is 2.99. The summed E-state index contributed by atoms with van der Waals surface area (Å²) in [5.41, 5.74) is 0. The van der Waals surface area contributed by atoms with Gasteiger partial charge in [0, 0.05) is 13.1 Å². The summed E-state index contributed by atoms with van der Waals surface area (Å²) in [6, 6.07) is 0. The molecule has 0 spiro atoms. The molecule has 0 fully saturated rings. The zero-order valence-electron chi connectivity index (χ0n) is 9.37. The van der Waals surface area contributed by atoms with Crippen LogP contribution >= 0.6 is 0 Å². The number of methoxy groups -OCH3 is 1. The van der Waals surface area contributed by atoms with Crippen molar-refractivity contribution in [3.8, 4) is 0 Å². The molecule has 0 rings (SSSR count). The molecule has 14 heavy (non-hydrogen) atoms. The molecule has 0 N–H and O–H groups in total. The molecule has 0 heterocycles. The number of nitrogens with zero attached hydrogens (tertiary/aromatic N) is 1. The van der Waals surface area contributed by atoms with Crippen LogP contribution in [0.1, 0.15) is 27.2 Å². The third kappa shape index (κ3) is 3.01. The number of carbonyl (C=O) groups is 2. The fourth-order valence-electron chi connectivity index (χ4n) is 1.34. The number of hydrogen-bond donors (Lipinski definition) is 0. The zero-order valence-corrected chi connectivity index (χ0v) is 9.37. The zero-order chi connectivity index (χ0) is 11.1. The minimum absolute atomic E-state index is 0.135. The third-order valence-electron chi connectivity index (χ3n) is 2.27. The van der Waals surface area contributed by atoms with Crippen molar-refractivity contribution in [2.75, 3.05) is 20.2 Å². The maximum atomic E-state index is 11.8. The number of carbonyl (C=O) groups excluding carboxylic acids is 2. The highest BCUT2D eigenvalue weighted by atomic mass is 16.5. The SMILES string of the molecule is CCC(C(=O)OC)C(=O)N(CC)CC. The van der Waals surface area contributed by atoms with Crippen molar-refractivity contribution in [3.63, 3.8) is 0 Å². The average Bonchev–Trinajstić information content (AvgIpc) is 2.20. The van der Waals surface area contributed by atoms with E-state index in [1.54, 1.807) is 4.90 Å². The number of ether oxygens (including phenoxy) is 1. The standard InChI is InChI=1S/C10H19NO3/c1-5-8(10(13)14-4)9(12)11(6-2)7-3/h8H,5-7H2,1-4H3. The van der Waals surface area contributed by atoms with Crippen molar-refractivity contribution in [2.24, 2.45) is 5.92 Å². The average molecular weight is 201 g/mol. The lowest BCUT2D eigenvalue weighted by Gasteiger charge is -2.22. The lowest BCUT2D eigenvalue weighted by atomic mass is 10.1. The summed E-state index contributed by atoms with van der Waals surface area (Å²) < 4.78 is 4.58. The van der Waals surface area contributed by atoms with Gasteiger partial charge in [0.2, 0.25) is 5.91 Å². The molecule has 0 aliphatic carbocycles. The van der Waals surface area contributed by atoms with Crippen LogP contribution < -0.4 is 0 Å². The fraction of sp³-hybridized carbons (Fsp3) is 0.800. The number of rotatable bonds is 5. The lowest BCUT2D eigenvalue weighted by Crippen LogP contribution is -2.39. The van der Waals surface area contributed by atoms with Crippen molar-refractivity contribution < 1.29 is 14.3 Å². The van der Waals surface area contributed by atoms with Crippen molar-refractivity contribution in [2.45, 2.75) is 27.2 Å². The molecule has 0 saturated heterocycles. The largest absolute Gasteiger partial charge is 0.468 e. The topological polar surface area (TPSA) is 46.6 Å². The number of esters is 1. The Morgan fingerprint density at radius 2 is 1.71 bits per heavy atom. The van der Waals surface area contributed by atoms with E-state index in [2.05, 4.69) is 4.74 Å². The van der Waals surface area contributed by atoms with E-state index in [9.17, 15) is 9.59 Å². The van der Waals surface area contributed by atoms with Crippen LogP contribution in [0.2, 0.25) is 0 Å². The van der Waals surface area contributed by atoms with Gasteiger partial charge in [0.15, 0.2) is 0 Å². The van der Waals surface area contributed by atoms with Gasteiger partial charge in [-0.15, -0.1) is 0 Å². The highest BCUT2D eigenvalue weighted by Crippen LogP contribution is 2.09. The van der Waals surface area contributed by atoms with E-state index in [0.29, 0.717) is 19.5 Å². The van der Waals surface area contributed by atoms with Gasteiger partial charge in [-0.25, -0.2) is 0 Å². The molecule has 0 aromatic carbocycles. The lowest BCUT2D eigenvalue weighted by molar-refractivity contribution is -0.153. The molecule has 1 amide bonds. The second kappa shape index (κ2) is 6.40. The van der Waals surface area contributed by atoms with Gasteiger partial charge in [-0.05, 0) is 20.3 Å². The first kappa shape index (κ1) is 12.9. The highest BCUT2D eigenvalue weighted by molar-refractivity contribution is 5.97. The van der Waals surface area contributed by atoms with Crippen LogP contribution in [0.15, 0.2) is 0 Å². The third-order valence-corrected chi connectivity index (χ3v) is 2.27. The molecule has 0 bridgehead atoms. The van der Waals surface area contributed by atoms with Crippen LogP contribution in [0, 0.1) is 5.92 Å². The summed E-state index contributed by atoms with van der Waals surface area (Å²) in [6.07, 6.45) is 0.488. The van der Waals surface area contributed by atoms with Crippen LogP contribution in [0.3, 0.4) is 0 Å². The Morgan fingerprint density at radius 1 is 1.21 bits per heavy atom. The van der Waals surface area contributed by atoms with Gasteiger partial charge in [-0.3, -0.25) is 9.59 Å². The van der Waals surface area contributed by atoms with Crippen molar-refractivity contribution in [1.29, 1.82) is 0 Å². The second-order valence-electron chi connectivity index (χ2n) is 2.99. The first-order valence-corrected chi connectivity index (χ1v) is 4.98. The van der Waals surface area contributed by atoms with Crippen LogP contribution in [0.25, 0.3) is 0 Å². The molecule has 0 aromatic heterocycles. The first-order chi connectivity index (χ1) is 6.62. The fourth-order valence-corrected chi connectivity index (χ4v) is 1.34. The normalized spacial score (nSPS) is 12.0. The van der Waals surface area contributed by atoms with Gasteiger partial charge in [-0.2, -0.15) is 0 Å². The van der Waals surface area contributed by atoms with Crippen LogP contribution in [0.4, 0.5) is 0 Å². The van der Waals surface area contributed by atoms with Crippen LogP contribution in [-0.4, -0.2) is 37.0 Å². The maximum absolute atomic E-state index is 11.8. The summed E-state index contributed by atoms with van der Waals surface area (Å²) in [5.74, 6) is -1.21. The van der Waals surface area contributed by atoms with E-state index in [-0.39, 0.29) is 5.91 Å². The minimum Gasteiger partial charge on any atom is -0.468 e. The summed E-state index contributed by atoms with van der Waals surface area (Å²) >= 11 is 0. The maximum Gasteiger partial charge on any atom is 0.318 e. The highest BCUT2D eigenvalue weighted by Gasteiger charge is 2.28. The van der Waals surface area contributed by atoms with E-state index in [0.717, 1.165) is 0 Å². The minimum atomic E-state index is -0.639. The smallest absolute Gasteiger partial charge is 0.318 e. The monoisotopic (exact) mass is 201 g/mol. The van der Waals surface area contributed by atoms with Crippen LogP contribution in [-0.2, 0) is 14.3 Å². The molecule has 1 atom stereocenters.